The molecule has 0 aromatic heterocycles. The largest absolute Gasteiger partial charge is 0.378 e. The van der Waals surface area contributed by atoms with E-state index in [1.54, 1.807) is 66.4 Å². The minimum absolute atomic E-state index is 0.00401. The lowest BCUT2D eigenvalue weighted by atomic mass is 10.1. The monoisotopic (exact) mass is 493 g/mol. The first-order valence-corrected chi connectivity index (χ1v) is 12.7. The van der Waals surface area contributed by atoms with Crippen molar-refractivity contribution in [2.45, 2.75) is 18.7 Å². The van der Waals surface area contributed by atoms with Crippen LogP contribution in [0.15, 0.2) is 71.6 Å². The number of ether oxygens (including phenoxy) is 1. The second-order valence-corrected chi connectivity index (χ2v) is 10.0. The molecule has 0 bridgehead atoms. The van der Waals surface area contributed by atoms with Gasteiger partial charge in [0.15, 0.2) is 0 Å². The highest BCUT2D eigenvalue weighted by Gasteiger charge is 2.23. The standard InChI is InChI=1S/C26H27N3O5S/c1-18-6-5-7-21(16-18)28-35(32,33)24-17-20(11-10-19(24)2)25(30)27-23-9-4-3-8-22(23)26(31)29-12-14-34-15-13-29/h3-11,16-17,28H,12-15H2,1-2H3,(H,27,30). The first kappa shape index (κ1) is 24.4. The number of benzene rings is 3. The number of nitrogens with zero attached hydrogens (tertiary/aromatic N) is 1. The highest BCUT2D eigenvalue weighted by Crippen LogP contribution is 2.23. The Labute approximate surface area is 205 Å². The molecule has 2 N–H and O–H groups in total. The maximum Gasteiger partial charge on any atom is 0.262 e. The van der Waals surface area contributed by atoms with Gasteiger partial charge in [0.25, 0.3) is 21.8 Å². The summed E-state index contributed by atoms with van der Waals surface area (Å²) in [6.45, 7) is 5.44. The second-order valence-electron chi connectivity index (χ2n) is 8.36. The number of sulfonamides is 1. The summed E-state index contributed by atoms with van der Waals surface area (Å²) in [7, 11) is -3.93. The smallest absolute Gasteiger partial charge is 0.262 e. The minimum Gasteiger partial charge on any atom is -0.378 e. The summed E-state index contributed by atoms with van der Waals surface area (Å²) in [5, 5.41) is 2.77. The molecule has 3 aromatic rings. The van der Waals surface area contributed by atoms with Crippen LogP contribution in [-0.2, 0) is 14.8 Å². The van der Waals surface area contributed by atoms with Gasteiger partial charge in [0.2, 0.25) is 0 Å². The zero-order chi connectivity index (χ0) is 25.0. The van der Waals surface area contributed by atoms with E-state index in [1.165, 1.54) is 6.07 Å². The fourth-order valence-electron chi connectivity index (χ4n) is 3.86. The summed E-state index contributed by atoms with van der Waals surface area (Å²) in [6, 6.07) is 18.3. The number of aryl methyl sites for hydroxylation is 2. The van der Waals surface area contributed by atoms with Crippen molar-refractivity contribution in [2.75, 3.05) is 36.3 Å². The normalized spacial score (nSPS) is 13.8. The molecule has 2 amide bonds. The predicted octanol–water partition coefficient (Wildman–Crippen LogP) is 3.83. The first-order valence-electron chi connectivity index (χ1n) is 11.2. The lowest BCUT2D eigenvalue weighted by Crippen LogP contribution is -2.41. The molecule has 3 aromatic carbocycles. The molecule has 4 rings (SSSR count). The van der Waals surface area contributed by atoms with E-state index < -0.39 is 15.9 Å². The topological polar surface area (TPSA) is 105 Å². The number of amides is 2. The highest BCUT2D eigenvalue weighted by molar-refractivity contribution is 7.92. The van der Waals surface area contributed by atoms with E-state index in [1.807, 2.05) is 13.0 Å². The molecule has 0 atom stereocenters. The van der Waals surface area contributed by atoms with E-state index in [4.69, 9.17) is 4.74 Å². The Morgan fingerprint density at radius 3 is 2.40 bits per heavy atom. The summed E-state index contributed by atoms with van der Waals surface area (Å²) in [5.74, 6) is -0.710. The van der Waals surface area contributed by atoms with E-state index in [0.717, 1.165) is 5.56 Å². The molecule has 1 aliphatic rings. The molecule has 1 fully saturated rings. The number of nitrogens with one attached hydrogen (secondary N) is 2. The van der Waals surface area contributed by atoms with Crippen LogP contribution in [0.2, 0.25) is 0 Å². The number of para-hydroxylation sites is 1. The summed E-state index contributed by atoms with van der Waals surface area (Å²) in [5.41, 5.74) is 2.74. The van der Waals surface area contributed by atoms with Crippen LogP contribution in [0.5, 0.6) is 0 Å². The molecular formula is C26H27N3O5S. The lowest BCUT2D eigenvalue weighted by molar-refractivity contribution is 0.0303. The highest BCUT2D eigenvalue weighted by atomic mass is 32.2. The van der Waals surface area contributed by atoms with Crippen molar-refractivity contribution in [3.63, 3.8) is 0 Å². The van der Waals surface area contributed by atoms with E-state index in [-0.39, 0.29) is 16.4 Å². The summed E-state index contributed by atoms with van der Waals surface area (Å²) in [4.78, 5) is 27.8. The molecule has 35 heavy (non-hydrogen) atoms. The van der Waals surface area contributed by atoms with Crippen LogP contribution in [0, 0.1) is 13.8 Å². The van der Waals surface area contributed by atoms with E-state index in [9.17, 15) is 18.0 Å². The van der Waals surface area contributed by atoms with Crippen LogP contribution < -0.4 is 10.0 Å². The van der Waals surface area contributed by atoms with Gasteiger partial charge in [-0.15, -0.1) is 0 Å². The van der Waals surface area contributed by atoms with Gasteiger partial charge in [-0.2, -0.15) is 0 Å². The third-order valence-corrected chi connectivity index (χ3v) is 7.24. The third-order valence-electron chi connectivity index (χ3n) is 5.71. The number of carbonyl (C=O) groups excluding carboxylic acids is 2. The van der Waals surface area contributed by atoms with Gasteiger partial charge in [0.05, 0.1) is 29.4 Å². The maximum atomic E-state index is 13.1. The molecule has 1 saturated heterocycles. The number of carbonyl (C=O) groups is 2. The molecule has 0 radical (unpaired) electrons. The quantitative estimate of drug-likeness (QED) is 0.543. The van der Waals surface area contributed by atoms with Crippen LogP contribution in [0.3, 0.4) is 0 Å². The summed E-state index contributed by atoms with van der Waals surface area (Å²) >= 11 is 0. The van der Waals surface area contributed by atoms with Crippen LogP contribution >= 0.6 is 0 Å². The van der Waals surface area contributed by atoms with Gasteiger partial charge in [0, 0.05) is 24.3 Å². The van der Waals surface area contributed by atoms with Gasteiger partial charge in [-0.3, -0.25) is 14.3 Å². The minimum atomic E-state index is -3.93. The van der Waals surface area contributed by atoms with Crippen molar-refractivity contribution < 1.29 is 22.7 Å². The van der Waals surface area contributed by atoms with E-state index >= 15 is 0 Å². The molecule has 0 aliphatic carbocycles. The number of morpholine rings is 1. The average molecular weight is 494 g/mol. The van der Waals surface area contributed by atoms with Crippen molar-refractivity contribution in [1.82, 2.24) is 4.90 Å². The molecule has 182 valence electrons. The first-order chi connectivity index (χ1) is 16.7. The molecule has 0 spiro atoms. The Hall–Kier alpha value is -3.69. The lowest BCUT2D eigenvalue weighted by Gasteiger charge is -2.27. The van der Waals surface area contributed by atoms with Crippen LogP contribution in [0.1, 0.15) is 31.8 Å². The van der Waals surface area contributed by atoms with Crippen molar-refractivity contribution in [3.8, 4) is 0 Å². The number of rotatable bonds is 6. The molecule has 1 aliphatic heterocycles. The number of hydrogen-bond donors (Lipinski definition) is 2. The Bertz CT molecular complexity index is 1360. The fraction of sp³-hybridized carbons (Fsp3) is 0.231. The molecule has 1 heterocycles. The fourth-order valence-corrected chi connectivity index (χ4v) is 5.18. The van der Waals surface area contributed by atoms with Crippen LogP contribution in [0.25, 0.3) is 0 Å². The van der Waals surface area contributed by atoms with Gasteiger partial charge in [-0.25, -0.2) is 8.42 Å². The van der Waals surface area contributed by atoms with Crippen molar-refractivity contribution in [3.05, 3.63) is 89.0 Å². The summed E-state index contributed by atoms with van der Waals surface area (Å²) in [6.07, 6.45) is 0. The van der Waals surface area contributed by atoms with E-state index in [0.29, 0.717) is 48.8 Å². The SMILES string of the molecule is Cc1cccc(NS(=O)(=O)c2cc(C(=O)Nc3ccccc3C(=O)N3CCOCC3)ccc2C)c1. The average Bonchev–Trinajstić information content (AvgIpc) is 2.84. The Morgan fingerprint density at radius 2 is 1.66 bits per heavy atom. The van der Waals surface area contributed by atoms with Crippen molar-refractivity contribution >= 4 is 33.2 Å². The maximum absolute atomic E-state index is 13.1. The van der Waals surface area contributed by atoms with Crippen LogP contribution in [-0.4, -0.2) is 51.4 Å². The molecule has 0 saturated carbocycles. The van der Waals surface area contributed by atoms with Gasteiger partial charge >= 0.3 is 0 Å². The number of hydrogen-bond acceptors (Lipinski definition) is 5. The van der Waals surface area contributed by atoms with Gasteiger partial charge < -0.3 is 15.0 Å². The van der Waals surface area contributed by atoms with Gasteiger partial charge in [-0.05, 0) is 61.4 Å². The van der Waals surface area contributed by atoms with E-state index in [2.05, 4.69) is 10.0 Å². The zero-order valence-corrected chi connectivity index (χ0v) is 20.4. The van der Waals surface area contributed by atoms with Gasteiger partial charge in [-0.1, -0.05) is 30.3 Å². The Kier molecular flexibility index (Phi) is 7.18. The summed E-state index contributed by atoms with van der Waals surface area (Å²) < 4.78 is 34.0. The molecule has 8 nitrogen and oxygen atoms in total. The predicted molar refractivity (Wildman–Crippen MR) is 134 cm³/mol. The zero-order valence-electron chi connectivity index (χ0n) is 19.6. The molecule has 0 unspecified atom stereocenters. The third kappa shape index (κ3) is 5.70. The second kappa shape index (κ2) is 10.3. The Morgan fingerprint density at radius 1 is 0.914 bits per heavy atom. The van der Waals surface area contributed by atoms with Crippen molar-refractivity contribution in [1.29, 1.82) is 0 Å². The number of anilines is 2. The molecular weight excluding hydrogens is 466 g/mol. The Balaban J connectivity index is 1.58. The van der Waals surface area contributed by atoms with Crippen LogP contribution in [0.4, 0.5) is 11.4 Å². The van der Waals surface area contributed by atoms with Gasteiger partial charge in [0.1, 0.15) is 0 Å². The van der Waals surface area contributed by atoms with Crippen molar-refractivity contribution in [2.24, 2.45) is 0 Å². The molecule has 9 heteroatoms.